The molecule has 4 aromatic rings. The smallest absolute Gasteiger partial charge is 0.417 e. The van der Waals surface area contributed by atoms with Crippen LogP contribution in [0.5, 0.6) is 5.75 Å². The summed E-state index contributed by atoms with van der Waals surface area (Å²) in [6.07, 6.45) is -3.39. The van der Waals surface area contributed by atoms with Crippen molar-refractivity contribution in [2.45, 2.75) is 12.3 Å². The first-order chi connectivity index (χ1) is 15.6. The van der Waals surface area contributed by atoms with Crippen LogP contribution in [0.25, 0.3) is 28.6 Å². The first-order valence-corrected chi connectivity index (χ1v) is 10.6. The Labute approximate surface area is 201 Å². The number of hydrogen-bond donors (Lipinski definition) is 2. The van der Waals surface area contributed by atoms with Crippen LogP contribution in [0.15, 0.2) is 39.6 Å². The van der Waals surface area contributed by atoms with Crippen molar-refractivity contribution in [3.8, 4) is 28.7 Å². The van der Waals surface area contributed by atoms with Gasteiger partial charge in [-0.15, -0.1) is 0 Å². The second-order valence-electron chi connectivity index (χ2n) is 6.76. The minimum atomic E-state index is -4.53. The fraction of sp³-hybridized carbons (Fsp3) is 0.211. The quantitative estimate of drug-likeness (QED) is 0.342. The minimum Gasteiger partial charge on any atom is -0.489 e. The predicted octanol–water partition coefficient (Wildman–Crippen LogP) is 4.87. The summed E-state index contributed by atoms with van der Waals surface area (Å²) < 4.78 is 51.1. The van der Waals surface area contributed by atoms with Crippen LogP contribution in [0, 0.1) is 0 Å². The van der Waals surface area contributed by atoms with E-state index in [1.165, 1.54) is 22.7 Å². The largest absolute Gasteiger partial charge is 0.489 e. The number of nitrogens with zero attached hydrogens (tertiary/aromatic N) is 4. The maximum atomic E-state index is 13.1. The predicted molar refractivity (Wildman–Crippen MR) is 115 cm³/mol. The first kappa shape index (κ1) is 23.8. The van der Waals surface area contributed by atoms with E-state index in [-0.39, 0.29) is 49.9 Å². The highest BCUT2D eigenvalue weighted by molar-refractivity contribution is 9.10. The molecule has 14 heteroatoms. The Bertz CT molecular complexity index is 1330. The van der Waals surface area contributed by atoms with E-state index in [1.807, 2.05) is 0 Å². The second-order valence-corrected chi connectivity index (χ2v) is 8.43. The van der Waals surface area contributed by atoms with Gasteiger partial charge < -0.3 is 23.9 Å². The average Bonchev–Trinajstić information content (AvgIpc) is 3.40. The van der Waals surface area contributed by atoms with Crippen LogP contribution < -0.4 is 4.74 Å². The van der Waals surface area contributed by atoms with Crippen LogP contribution in [0.1, 0.15) is 5.56 Å². The fourth-order valence-electron chi connectivity index (χ4n) is 2.80. The average molecular weight is 568 g/mol. The van der Waals surface area contributed by atoms with Gasteiger partial charge in [-0.3, -0.25) is 0 Å². The van der Waals surface area contributed by atoms with Crippen LogP contribution in [-0.2, 0) is 6.18 Å². The zero-order valence-corrected chi connectivity index (χ0v) is 19.2. The van der Waals surface area contributed by atoms with Gasteiger partial charge in [0.15, 0.2) is 5.65 Å². The summed E-state index contributed by atoms with van der Waals surface area (Å²) in [6, 6.07) is 3.74. The molecule has 33 heavy (non-hydrogen) atoms. The summed E-state index contributed by atoms with van der Waals surface area (Å²) in [5.74, 6) is 0.186. The molecule has 0 unspecified atom stereocenters. The van der Waals surface area contributed by atoms with Gasteiger partial charge in [-0.1, -0.05) is 28.4 Å². The van der Waals surface area contributed by atoms with Crippen molar-refractivity contribution in [1.29, 1.82) is 0 Å². The minimum absolute atomic E-state index is 0.0484. The van der Waals surface area contributed by atoms with E-state index in [0.717, 1.165) is 12.3 Å². The van der Waals surface area contributed by atoms with Crippen molar-refractivity contribution in [3.63, 3.8) is 0 Å². The molecule has 3 heterocycles. The standard InChI is InChI=1S/C19H12BrCl2F3N4O4/c20-11-1-8(19(23,24)25)4-29-5-14(26-17(11)29)18-27-16(28-33-18)10-2-13(22)15(3-12(10)21)32-7-9(31)6-30/h1-5,9,30-31H,6-7H2/t9-/m0/s1. The first-order valence-electron chi connectivity index (χ1n) is 9.07. The van der Waals surface area contributed by atoms with E-state index in [2.05, 4.69) is 31.1 Å². The number of aliphatic hydroxyl groups is 2. The Morgan fingerprint density at radius 1 is 1.15 bits per heavy atom. The van der Waals surface area contributed by atoms with E-state index in [1.54, 1.807) is 0 Å². The van der Waals surface area contributed by atoms with Crippen LogP contribution in [0.3, 0.4) is 0 Å². The highest BCUT2D eigenvalue weighted by atomic mass is 79.9. The Morgan fingerprint density at radius 3 is 2.61 bits per heavy atom. The van der Waals surface area contributed by atoms with Gasteiger partial charge in [0, 0.05) is 24.0 Å². The van der Waals surface area contributed by atoms with E-state index in [4.69, 9.17) is 37.6 Å². The van der Waals surface area contributed by atoms with Gasteiger partial charge in [0.1, 0.15) is 24.2 Å². The molecular formula is C19H12BrCl2F3N4O4. The molecule has 0 fully saturated rings. The van der Waals surface area contributed by atoms with Crippen molar-refractivity contribution >= 4 is 44.8 Å². The number of ether oxygens (including phenoxy) is 1. The van der Waals surface area contributed by atoms with Gasteiger partial charge in [-0.05, 0) is 28.1 Å². The van der Waals surface area contributed by atoms with Crippen molar-refractivity contribution in [1.82, 2.24) is 19.5 Å². The van der Waals surface area contributed by atoms with Gasteiger partial charge in [0.2, 0.25) is 5.82 Å². The molecule has 0 aliphatic heterocycles. The number of aromatic nitrogens is 4. The normalized spacial score (nSPS) is 13.0. The summed E-state index contributed by atoms with van der Waals surface area (Å²) in [7, 11) is 0. The lowest BCUT2D eigenvalue weighted by Gasteiger charge is -2.12. The fourth-order valence-corrected chi connectivity index (χ4v) is 3.80. The summed E-state index contributed by atoms with van der Waals surface area (Å²) in [5, 5.41) is 22.4. The molecule has 0 saturated heterocycles. The Morgan fingerprint density at radius 2 is 1.91 bits per heavy atom. The zero-order chi connectivity index (χ0) is 23.9. The number of rotatable bonds is 6. The van der Waals surface area contributed by atoms with E-state index >= 15 is 0 Å². The molecule has 1 atom stereocenters. The second kappa shape index (κ2) is 9.11. The SMILES string of the molecule is OC[C@H](O)COc1cc(Cl)c(-c2noc(-c3cn4cc(C(F)(F)F)cc(Br)c4n3)n2)cc1Cl. The Balaban J connectivity index is 1.65. The molecule has 8 nitrogen and oxygen atoms in total. The number of alkyl halides is 3. The number of imidazole rings is 1. The Kier molecular flexibility index (Phi) is 6.56. The molecule has 0 spiro atoms. The van der Waals surface area contributed by atoms with E-state index in [9.17, 15) is 18.3 Å². The number of hydrogen-bond acceptors (Lipinski definition) is 7. The number of benzene rings is 1. The molecule has 0 saturated carbocycles. The van der Waals surface area contributed by atoms with Gasteiger partial charge >= 0.3 is 6.18 Å². The highest BCUT2D eigenvalue weighted by Crippen LogP contribution is 2.37. The summed E-state index contributed by atoms with van der Waals surface area (Å²) in [4.78, 5) is 8.46. The van der Waals surface area contributed by atoms with E-state index < -0.39 is 24.5 Å². The number of fused-ring (bicyclic) bond motifs is 1. The molecule has 0 aliphatic rings. The Hall–Kier alpha value is -2.38. The maximum Gasteiger partial charge on any atom is 0.417 e. The molecular weight excluding hydrogens is 556 g/mol. The van der Waals surface area contributed by atoms with Crippen LogP contribution in [-0.4, -0.2) is 49.1 Å². The molecule has 2 N–H and O–H groups in total. The summed E-state index contributed by atoms with van der Waals surface area (Å²) in [5.41, 5.74) is -0.178. The molecule has 0 amide bonds. The topological polar surface area (TPSA) is 106 Å². The zero-order valence-electron chi connectivity index (χ0n) is 16.1. The molecule has 0 radical (unpaired) electrons. The lowest BCUT2D eigenvalue weighted by molar-refractivity contribution is -0.137. The molecule has 1 aromatic carbocycles. The summed E-state index contributed by atoms with van der Waals surface area (Å²) >= 11 is 15.6. The molecule has 3 aromatic heterocycles. The third kappa shape index (κ3) is 4.94. The van der Waals surface area contributed by atoms with Gasteiger partial charge in [0.25, 0.3) is 5.89 Å². The third-order valence-corrected chi connectivity index (χ3v) is 5.57. The number of halogens is 6. The molecule has 4 rings (SSSR count). The van der Waals surface area contributed by atoms with Gasteiger partial charge in [-0.2, -0.15) is 18.2 Å². The van der Waals surface area contributed by atoms with Crippen molar-refractivity contribution in [3.05, 3.63) is 50.7 Å². The number of aliphatic hydroxyl groups excluding tert-OH is 2. The van der Waals surface area contributed by atoms with Crippen molar-refractivity contribution in [2.75, 3.05) is 13.2 Å². The van der Waals surface area contributed by atoms with E-state index in [0.29, 0.717) is 5.56 Å². The van der Waals surface area contributed by atoms with Crippen molar-refractivity contribution in [2.24, 2.45) is 0 Å². The van der Waals surface area contributed by atoms with Crippen LogP contribution in [0.4, 0.5) is 13.2 Å². The van der Waals surface area contributed by atoms with Gasteiger partial charge in [-0.25, -0.2) is 4.98 Å². The highest BCUT2D eigenvalue weighted by Gasteiger charge is 2.32. The molecule has 0 aliphatic carbocycles. The summed E-state index contributed by atoms with van der Waals surface area (Å²) in [6.45, 7) is -0.677. The monoisotopic (exact) mass is 566 g/mol. The van der Waals surface area contributed by atoms with Crippen LogP contribution in [0.2, 0.25) is 10.0 Å². The number of pyridine rings is 1. The lowest BCUT2D eigenvalue weighted by atomic mass is 10.2. The maximum absolute atomic E-state index is 13.1. The lowest BCUT2D eigenvalue weighted by Crippen LogP contribution is -2.21. The van der Waals surface area contributed by atoms with Crippen molar-refractivity contribution < 1.29 is 32.6 Å². The van der Waals surface area contributed by atoms with Crippen LogP contribution >= 0.6 is 39.1 Å². The molecule has 0 bridgehead atoms. The molecule has 174 valence electrons. The van der Waals surface area contributed by atoms with Gasteiger partial charge in [0.05, 0.1) is 26.7 Å². The third-order valence-electron chi connectivity index (χ3n) is 4.38.